The van der Waals surface area contributed by atoms with Gasteiger partial charge in [-0.15, -0.1) is 0 Å². The van der Waals surface area contributed by atoms with E-state index in [1.165, 1.54) is 12.1 Å². The van der Waals surface area contributed by atoms with Crippen LogP contribution in [-0.2, 0) is 14.3 Å². The molecule has 1 aromatic rings. The number of rotatable bonds is 3. The number of hydrogen-bond acceptors (Lipinski definition) is 3. The van der Waals surface area contributed by atoms with Gasteiger partial charge >= 0.3 is 0 Å². The van der Waals surface area contributed by atoms with Crippen molar-refractivity contribution in [2.45, 2.75) is 4.90 Å². The zero-order valence-electron chi connectivity index (χ0n) is 5.98. The summed E-state index contributed by atoms with van der Waals surface area (Å²) in [5.74, 6) is 0. The molecule has 0 aliphatic rings. The van der Waals surface area contributed by atoms with Crippen LogP contribution in [0.1, 0.15) is 0 Å². The fraction of sp³-hybridized carbons (Fsp3) is 0. The van der Waals surface area contributed by atoms with Gasteiger partial charge in [0, 0.05) is 0 Å². The molecular weight excluding hydrogens is 200 g/mol. The molecule has 0 unspecified atom stereocenters. The van der Waals surface area contributed by atoms with Gasteiger partial charge in [-0.3, -0.25) is 0 Å². The van der Waals surface area contributed by atoms with Crippen LogP contribution in [0.5, 0.6) is 0 Å². The highest BCUT2D eigenvalue weighted by molar-refractivity contribution is 7.86. The van der Waals surface area contributed by atoms with Gasteiger partial charge in [-0.25, -0.2) is 4.18 Å². The second-order valence-corrected chi connectivity index (χ2v) is 3.70. The Balaban J connectivity index is 2.99. The molecule has 0 atom stereocenters. The molecule has 0 spiro atoms. The predicted octanol–water partition coefficient (Wildman–Crippen LogP) is 1.75. The van der Waals surface area contributed by atoms with E-state index in [-0.39, 0.29) is 4.90 Å². The Morgan fingerprint density at radius 1 is 1.25 bits per heavy atom. The molecule has 1 rings (SSSR count). The molecule has 0 amide bonds. The molecule has 0 aromatic heterocycles. The van der Waals surface area contributed by atoms with E-state index in [4.69, 9.17) is 11.6 Å². The minimum Gasteiger partial charge on any atom is -0.243 e. The van der Waals surface area contributed by atoms with Crippen molar-refractivity contribution in [1.82, 2.24) is 0 Å². The van der Waals surface area contributed by atoms with Crippen molar-refractivity contribution < 1.29 is 12.6 Å². The highest BCUT2D eigenvalue weighted by Crippen LogP contribution is 2.12. The third-order valence-electron chi connectivity index (χ3n) is 1.19. The predicted molar refractivity (Wildman–Crippen MR) is 44.9 cm³/mol. The van der Waals surface area contributed by atoms with Crippen LogP contribution >= 0.6 is 11.6 Å². The molecule has 0 aliphatic carbocycles. The summed E-state index contributed by atoms with van der Waals surface area (Å²) in [6.07, 6.45) is 0. The zero-order chi connectivity index (χ0) is 9.03. The lowest BCUT2D eigenvalue weighted by Gasteiger charge is -1.99. The van der Waals surface area contributed by atoms with E-state index in [0.717, 1.165) is 0 Å². The molecule has 5 heteroatoms. The molecule has 0 aliphatic heterocycles. The lowest BCUT2D eigenvalue weighted by molar-refractivity contribution is 0.425. The summed E-state index contributed by atoms with van der Waals surface area (Å²) in [4.78, 5) is 0.0851. The summed E-state index contributed by atoms with van der Waals surface area (Å²) < 4.78 is 26.4. The van der Waals surface area contributed by atoms with Crippen LogP contribution in [0.2, 0.25) is 0 Å². The lowest BCUT2D eigenvalue weighted by atomic mass is 10.4. The molecule has 0 bridgehead atoms. The smallest absolute Gasteiger partial charge is 0.243 e. The summed E-state index contributed by atoms with van der Waals surface area (Å²) in [7, 11) is -3.70. The van der Waals surface area contributed by atoms with Gasteiger partial charge in [0.15, 0.2) is 6.07 Å². The van der Waals surface area contributed by atoms with Gasteiger partial charge in [0.05, 0.1) is 4.90 Å². The monoisotopic (exact) mass is 205 g/mol. The maximum Gasteiger partial charge on any atom is 0.298 e. The highest BCUT2D eigenvalue weighted by atomic mass is 35.5. The molecule has 1 aromatic carbocycles. The Morgan fingerprint density at radius 3 is 2.33 bits per heavy atom. The summed E-state index contributed by atoms with van der Waals surface area (Å²) in [6.45, 7) is 0. The van der Waals surface area contributed by atoms with Gasteiger partial charge in [-0.05, 0) is 12.1 Å². The Bertz CT molecular complexity index is 333. The zero-order valence-corrected chi connectivity index (χ0v) is 7.55. The van der Waals surface area contributed by atoms with Gasteiger partial charge in [0.2, 0.25) is 0 Å². The standard InChI is InChI=1S/C7H6ClO3S/c8-6-11-12(9,10)7-4-2-1-3-5-7/h1-6H. The Labute approximate surface area is 76.0 Å². The van der Waals surface area contributed by atoms with Crippen LogP contribution in [0.3, 0.4) is 0 Å². The Kier molecular flexibility index (Phi) is 3.08. The lowest BCUT2D eigenvalue weighted by Crippen LogP contribution is -2.02. The minimum atomic E-state index is -3.70. The minimum absolute atomic E-state index is 0.0851. The van der Waals surface area contributed by atoms with Crippen LogP contribution < -0.4 is 0 Å². The van der Waals surface area contributed by atoms with Crippen LogP contribution in [0.25, 0.3) is 0 Å². The fourth-order valence-electron chi connectivity index (χ4n) is 0.691. The van der Waals surface area contributed by atoms with Crippen molar-refractivity contribution in [2.75, 3.05) is 0 Å². The van der Waals surface area contributed by atoms with E-state index in [9.17, 15) is 8.42 Å². The first kappa shape index (κ1) is 9.51. The quantitative estimate of drug-likeness (QED) is 0.707. The average molecular weight is 206 g/mol. The highest BCUT2D eigenvalue weighted by Gasteiger charge is 2.12. The first-order chi connectivity index (χ1) is 5.67. The molecule has 0 fully saturated rings. The number of halogens is 1. The van der Waals surface area contributed by atoms with E-state index < -0.39 is 10.1 Å². The van der Waals surface area contributed by atoms with E-state index in [1.807, 2.05) is 0 Å². The third kappa shape index (κ3) is 2.20. The molecule has 3 nitrogen and oxygen atoms in total. The average Bonchev–Trinajstić information content (AvgIpc) is 2.06. The maximum atomic E-state index is 11.1. The third-order valence-corrected chi connectivity index (χ3v) is 2.59. The molecular formula is C7H6ClO3S. The van der Waals surface area contributed by atoms with Crippen LogP contribution in [0.4, 0.5) is 0 Å². The van der Waals surface area contributed by atoms with Crippen molar-refractivity contribution in [2.24, 2.45) is 0 Å². The maximum absolute atomic E-state index is 11.1. The summed E-state index contributed by atoms with van der Waals surface area (Å²) in [6, 6.07) is 8.38. The van der Waals surface area contributed by atoms with Crippen LogP contribution in [0, 0.1) is 6.07 Å². The molecule has 12 heavy (non-hydrogen) atoms. The van der Waals surface area contributed by atoms with Gasteiger partial charge in [0.1, 0.15) is 0 Å². The second-order valence-electron chi connectivity index (χ2n) is 1.95. The molecule has 65 valence electrons. The number of benzene rings is 1. The van der Waals surface area contributed by atoms with Crippen molar-refractivity contribution in [3.05, 3.63) is 36.4 Å². The summed E-state index contributed by atoms with van der Waals surface area (Å²) in [5, 5.41) is 0. The normalized spacial score (nSPS) is 11.4. The topological polar surface area (TPSA) is 43.4 Å². The Hall–Kier alpha value is -0.580. The van der Waals surface area contributed by atoms with Crippen LogP contribution in [0.15, 0.2) is 35.2 Å². The first-order valence-electron chi connectivity index (χ1n) is 3.07. The fourth-order valence-corrected chi connectivity index (χ4v) is 1.68. The molecule has 0 heterocycles. The van der Waals surface area contributed by atoms with Crippen molar-refractivity contribution in [1.29, 1.82) is 0 Å². The second kappa shape index (κ2) is 3.89. The SMILES string of the molecule is O=S(=O)(O[CH]Cl)c1ccccc1. The molecule has 0 saturated heterocycles. The van der Waals surface area contributed by atoms with E-state index >= 15 is 0 Å². The van der Waals surface area contributed by atoms with Crippen molar-refractivity contribution in [3.8, 4) is 0 Å². The molecule has 0 saturated carbocycles. The van der Waals surface area contributed by atoms with E-state index in [1.54, 1.807) is 18.2 Å². The Morgan fingerprint density at radius 2 is 1.83 bits per heavy atom. The van der Waals surface area contributed by atoms with Gasteiger partial charge in [0.25, 0.3) is 10.1 Å². The van der Waals surface area contributed by atoms with Gasteiger partial charge < -0.3 is 0 Å². The van der Waals surface area contributed by atoms with Crippen molar-refractivity contribution >= 4 is 21.7 Å². The summed E-state index contributed by atoms with van der Waals surface area (Å²) in [5.41, 5.74) is 0. The van der Waals surface area contributed by atoms with Crippen LogP contribution in [-0.4, -0.2) is 8.42 Å². The summed E-state index contributed by atoms with van der Waals surface area (Å²) >= 11 is 5.01. The molecule has 0 N–H and O–H groups in total. The first-order valence-corrected chi connectivity index (χ1v) is 4.91. The largest absolute Gasteiger partial charge is 0.298 e. The van der Waals surface area contributed by atoms with E-state index in [0.29, 0.717) is 6.07 Å². The molecule has 1 radical (unpaired) electrons. The van der Waals surface area contributed by atoms with Crippen molar-refractivity contribution in [3.63, 3.8) is 0 Å². The van der Waals surface area contributed by atoms with Gasteiger partial charge in [-0.2, -0.15) is 8.42 Å². The van der Waals surface area contributed by atoms with Gasteiger partial charge in [-0.1, -0.05) is 29.8 Å². The van der Waals surface area contributed by atoms with E-state index in [2.05, 4.69) is 4.18 Å². The number of hydrogen-bond donors (Lipinski definition) is 0.